The summed E-state index contributed by atoms with van der Waals surface area (Å²) < 4.78 is 33.6. The Bertz CT molecular complexity index is 1100. The molecule has 36 heavy (non-hydrogen) atoms. The first-order valence-corrected chi connectivity index (χ1v) is 12.7. The summed E-state index contributed by atoms with van der Waals surface area (Å²) in [5.41, 5.74) is 0. The van der Waals surface area contributed by atoms with Crippen molar-refractivity contribution in [3.05, 3.63) is 23.6 Å². The number of halogens is 2. The Kier molecular flexibility index (Phi) is 7.14. The minimum Gasteiger partial charge on any atom is -0.444 e. The van der Waals surface area contributed by atoms with E-state index in [4.69, 9.17) is 4.74 Å². The molecule has 6 rings (SSSR count). The van der Waals surface area contributed by atoms with Crippen LogP contribution in [0.4, 0.5) is 35.3 Å². The molecule has 4 fully saturated rings. The van der Waals surface area contributed by atoms with Gasteiger partial charge in [0, 0.05) is 32.9 Å². The summed E-state index contributed by atoms with van der Waals surface area (Å²) in [4.78, 5) is 42.8. The largest absolute Gasteiger partial charge is 0.444 e. The lowest BCUT2D eigenvalue weighted by molar-refractivity contribution is -0.0290. The van der Waals surface area contributed by atoms with Gasteiger partial charge < -0.3 is 14.5 Å². The first-order chi connectivity index (χ1) is 17.4. The first-order valence-electron chi connectivity index (χ1n) is 11.9. The molecule has 3 atom stereocenters. The second-order valence-electron chi connectivity index (χ2n) is 9.28. The highest BCUT2D eigenvalue weighted by Gasteiger charge is 2.37. The SMILES string of the molecule is CN(C(=O)Nc1ncc(F)s1)[C@H]1CN(c2nccc(NC(=O)O[C@H]3CN4CCC3CC4)n2)CC[C@H]1F. The quantitative estimate of drug-likeness (QED) is 0.616. The van der Waals surface area contributed by atoms with Gasteiger partial charge in [-0.15, -0.1) is 0 Å². The van der Waals surface area contributed by atoms with E-state index in [9.17, 15) is 18.4 Å². The van der Waals surface area contributed by atoms with Crippen molar-refractivity contribution in [2.75, 3.05) is 55.3 Å². The number of amides is 3. The molecule has 4 aliphatic rings. The number of hydrogen-bond donors (Lipinski definition) is 2. The Morgan fingerprint density at radius 1 is 1.17 bits per heavy atom. The van der Waals surface area contributed by atoms with Gasteiger partial charge in [-0.1, -0.05) is 11.3 Å². The van der Waals surface area contributed by atoms with Crippen LogP contribution in [0.5, 0.6) is 0 Å². The number of likely N-dealkylation sites (N-methyl/N-ethyl adjacent to an activating group) is 1. The fourth-order valence-electron chi connectivity index (χ4n) is 4.98. The number of thiazole rings is 1. The molecule has 0 unspecified atom stereocenters. The number of aromatic nitrogens is 3. The number of urea groups is 1. The van der Waals surface area contributed by atoms with Gasteiger partial charge in [0.2, 0.25) is 5.95 Å². The maximum atomic E-state index is 14.8. The van der Waals surface area contributed by atoms with Gasteiger partial charge in [0.05, 0.1) is 12.2 Å². The normalized spacial score (nSPS) is 27.4. The van der Waals surface area contributed by atoms with Crippen molar-refractivity contribution in [3.8, 4) is 0 Å². The van der Waals surface area contributed by atoms with Crippen LogP contribution in [0.1, 0.15) is 19.3 Å². The Labute approximate surface area is 210 Å². The molecule has 6 heterocycles. The van der Waals surface area contributed by atoms with Crippen molar-refractivity contribution in [1.82, 2.24) is 24.8 Å². The van der Waals surface area contributed by atoms with E-state index in [0.717, 1.165) is 38.7 Å². The minimum absolute atomic E-state index is 0.0969. The van der Waals surface area contributed by atoms with Crippen LogP contribution in [0.25, 0.3) is 0 Å². The standard InChI is InChI=1S/C22H28F2N8O3S/c1-30(21(33)29-20-26-10-17(24)36-20)15-11-32(9-5-14(15)23)19-25-6-2-18(27-19)28-22(34)35-16-12-31-7-3-13(16)4-8-31/h2,6,10,13-16H,3-5,7-9,11-12H2,1H3,(H,26,29,33)(H,25,27,28,34)/t14-,15+,16+/m1/s1. The molecule has 194 valence electrons. The highest BCUT2D eigenvalue weighted by atomic mass is 32.1. The van der Waals surface area contributed by atoms with Crippen LogP contribution in [0.15, 0.2) is 18.5 Å². The highest BCUT2D eigenvalue weighted by Crippen LogP contribution is 2.30. The summed E-state index contributed by atoms with van der Waals surface area (Å²) in [6, 6.07) is 0.184. The zero-order chi connectivity index (χ0) is 25.2. The van der Waals surface area contributed by atoms with Crippen molar-refractivity contribution in [1.29, 1.82) is 0 Å². The Morgan fingerprint density at radius 2 is 1.97 bits per heavy atom. The molecule has 2 N–H and O–H groups in total. The minimum atomic E-state index is -1.26. The van der Waals surface area contributed by atoms with Gasteiger partial charge >= 0.3 is 12.1 Å². The fraction of sp³-hybridized carbons (Fsp3) is 0.591. The van der Waals surface area contributed by atoms with Gasteiger partial charge in [-0.3, -0.25) is 15.5 Å². The number of nitrogens with zero attached hydrogens (tertiary/aromatic N) is 6. The number of fused-ring (bicyclic) bond motifs is 3. The summed E-state index contributed by atoms with van der Waals surface area (Å²) in [5.74, 6) is 0.981. The maximum absolute atomic E-state index is 14.8. The third-order valence-electron chi connectivity index (χ3n) is 7.02. The van der Waals surface area contributed by atoms with Crippen LogP contribution in [0, 0.1) is 11.0 Å². The highest BCUT2D eigenvalue weighted by molar-refractivity contribution is 7.14. The summed E-state index contributed by atoms with van der Waals surface area (Å²) in [7, 11) is 1.48. The molecule has 4 saturated heterocycles. The van der Waals surface area contributed by atoms with Crippen LogP contribution in [-0.4, -0.2) is 95.0 Å². The number of nitrogens with one attached hydrogen (secondary N) is 2. The molecule has 0 saturated carbocycles. The van der Waals surface area contributed by atoms with Crippen molar-refractivity contribution >= 4 is 40.4 Å². The van der Waals surface area contributed by atoms with Crippen LogP contribution in [0.2, 0.25) is 0 Å². The lowest BCUT2D eigenvalue weighted by atomic mass is 9.86. The van der Waals surface area contributed by atoms with Gasteiger partial charge in [-0.2, -0.15) is 9.37 Å². The molecule has 2 bridgehead atoms. The summed E-state index contributed by atoms with van der Waals surface area (Å²) in [6.07, 6.45) is 2.80. The molecule has 2 aromatic rings. The smallest absolute Gasteiger partial charge is 0.413 e. The van der Waals surface area contributed by atoms with Crippen molar-refractivity contribution < 1.29 is 23.1 Å². The van der Waals surface area contributed by atoms with E-state index in [1.54, 1.807) is 11.0 Å². The molecule has 2 aromatic heterocycles. The molecule has 0 aromatic carbocycles. The van der Waals surface area contributed by atoms with Gasteiger partial charge in [0.15, 0.2) is 10.3 Å². The summed E-state index contributed by atoms with van der Waals surface area (Å²) >= 11 is 0.691. The van der Waals surface area contributed by atoms with Gasteiger partial charge in [0.25, 0.3) is 0 Å². The molecule has 14 heteroatoms. The Hall–Kier alpha value is -3.13. The second-order valence-corrected chi connectivity index (χ2v) is 10.3. The summed E-state index contributed by atoms with van der Waals surface area (Å²) in [6.45, 7) is 3.35. The molecular weight excluding hydrogens is 494 g/mol. The van der Waals surface area contributed by atoms with E-state index in [1.807, 2.05) is 0 Å². The zero-order valence-corrected chi connectivity index (χ0v) is 20.6. The van der Waals surface area contributed by atoms with E-state index in [2.05, 4.69) is 30.5 Å². The molecule has 0 aliphatic carbocycles. The molecule has 3 amide bonds. The van der Waals surface area contributed by atoms with Crippen LogP contribution >= 0.6 is 11.3 Å². The molecule has 0 spiro atoms. The van der Waals surface area contributed by atoms with E-state index < -0.39 is 29.5 Å². The number of ether oxygens (including phenoxy) is 1. The van der Waals surface area contributed by atoms with Crippen LogP contribution in [0.3, 0.4) is 0 Å². The number of alkyl halides is 1. The number of anilines is 3. The Balaban J connectivity index is 1.19. The zero-order valence-electron chi connectivity index (χ0n) is 19.8. The van der Waals surface area contributed by atoms with E-state index >= 15 is 0 Å². The monoisotopic (exact) mass is 522 g/mol. The third kappa shape index (κ3) is 5.48. The van der Waals surface area contributed by atoms with E-state index in [-0.39, 0.29) is 30.0 Å². The van der Waals surface area contributed by atoms with Crippen molar-refractivity contribution in [2.24, 2.45) is 5.92 Å². The molecular formula is C22H28F2N8O3S. The number of carbonyl (C=O) groups excluding carboxylic acids is 2. The Morgan fingerprint density at radius 3 is 2.67 bits per heavy atom. The van der Waals surface area contributed by atoms with Crippen molar-refractivity contribution in [3.63, 3.8) is 0 Å². The van der Waals surface area contributed by atoms with Gasteiger partial charge in [-0.05, 0) is 44.3 Å². The maximum Gasteiger partial charge on any atom is 0.413 e. The number of piperidine rings is 4. The second kappa shape index (κ2) is 10.5. The van der Waals surface area contributed by atoms with Crippen LogP contribution in [-0.2, 0) is 4.74 Å². The average molecular weight is 523 g/mol. The lowest BCUT2D eigenvalue weighted by Crippen LogP contribution is -2.55. The predicted octanol–water partition coefficient (Wildman–Crippen LogP) is 2.80. The number of rotatable bonds is 5. The fourth-order valence-corrected chi connectivity index (χ4v) is 5.51. The molecule has 0 radical (unpaired) electrons. The first kappa shape index (κ1) is 24.6. The average Bonchev–Trinajstić information content (AvgIpc) is 3.29. The number of hydrogen-bond acceptors (Lipinski definition) is 9. The summed E-state index contributed by atoms with van der Waals surface area (Å²) in [5, 5.41) is 4.73. The topological polar surface area (TPSA) is 116 Å². The number of carbonyl (C=O) groups is 2. The molecule has 4 aliphatic heterocycles. The van der Waals surface area contributed by atoms with Crippen LogP contribution < -0.4 is 15.5 Å². The van der Waals surface area contributed by atoms with Gasteiger partial charge in [-0.25, -0.2) is 23.9 Å². The van der Waals surface area contributed by atoms with E-state index in [1.165, 1.54) is 18.1 Å². The van der Waals surface area contributed by atoms with Gasteiger partial charge in [0.1, 0.15) is 18.1 Å². The van der Waals surface area contributed by atoms with E-state index in [0.29, 0.717) is 29.7 Å². The molecule has 11 nitrogen and oxygen atoms in total. The lowest BCUT2D eigenvalue weighted by Gasteiger charge is -2.43. The third-order valence-corrected chi connectivity index (χ3v) is 7.72. The predicted molar refractivity (Wildman–Crippen MR) is 129 cm³/mol. The van der Waals surface area contributed by atoms with Crippen molar-refractivity contribution in [2.45, 2.75) is 37.6 Å².